The van der Waals surface area contributed by atoms with E-state index in [9.17, 15) is 9.59 Å². The van der Waals surface area contributed by atoms with Gasteiger partial charge >= 0.3 is 0 Å². The number of nitrogens with zero attached hydrogens (tertiary/aromatic N) is 2. The summed E-state index contributed by atoms with van der Waals surface area (Å²) < 4.78 is 5.24. The largest absolute Gasteiger partial charge is 0.495 e. The molecule has 4 rings (SSSR count). The summed E-state index contributed by atoms with van der Waals surface area (Å²) >= 11 is 2.66. The van der Waals surface area contributed by atoms with Crippen LogP contribution in [0.15, 0.2) is 65.0 Å². The molecule has 0 aliphatic carbocycles. The summed E-state index contributed by atoms with van der Waals surface area (Å²) in [6.45, 7) is 2.04. The summed E-state index contributed by atoms with van der Waals surface area (Å²) in [6.07, 6.45) is 0.0967. The Morgan fingerprint density at radius 1 is 1.03 bits per heavy atom. The number of anilines is 2. The number of thioether (sulfide) groups is 1. The van der Waals surface area contributed by atoms with Gasteiger partial charge < -0.3 is 15.4 Å². The molecule has 0 unspecified atom stereocenters. The molecule has 0 atom stereocenters. The van der Waals surface area contributed by atoms with Crippen molar-refractivity contribution in [3.63, 3.8) is 0 Å². The monoisotopic (exact) mass is 478 g/mol. The van der Waals surface area contributed by atoms with Crippen molar-refractivity contribution < 1.29 is 14.3 Å². The summed E-state index contributed by atoms with van der Waals surface area (Å²) in [7, 11) is 1.55. The average molecular weight is 479 g/mol. The molecule has 0 saturated carbocycles. The Morgan fingerprint density at radius 2 is 1.82 bits per heavy atom. The number of carbonyl (C=O) groups excluding carboxylic acids is 2. The quantitative estimate of drug-likeness (QED) is 0.349. The van der Waals surface area contributed by atoms with Crippen LogP contribution in [0.4, 0.5) is 10.8 Å². The summed E-state index contributed by atoms with van der Waals surface area (Å²) in [5.74, 6) is 0.419. The Hall–Kier alpha value is -3.43. The first-order valence-corrected chi connectivity index (χ1v) is 12.0. The highest BCUT2D eigenvalue weighted by atomic mass is 32.2. The molecule has 0 saturated heterocycles. The number of ether oxygens (including phenoxy) is 1. The molecule has 2 heterocycles. The highest BCUT2D eigenvalue weighted by molar-refractivity contribution is 7.99. The zero-order chi connectivity index (χ0) is 23.2. The number of amides is 2. The van der Waals surface area contributed by atoms with Gasteiger partial charge in [-0.2, -0.15) is 0 Å². The fourth-order valence-electron chi connectivity index (χ4n) is 3.24. The van der Waals surface area contributed by atoms with Crippen molar-refractivity contribution in [1.82, 2.24) is 9.97 Å². The van der Waals surface area contributed by atoms with E-state index in [2.05, 4.69) is 20.6 Å². The predicted octanol–water partition coefficient (Wildman–Crippen LogP) is 4.92. The minimum Gasteiger partial charge on any atom is -0.495 e. The summed E-state index contributed by atoms with van der Waals surface area (Å²) in [4.78, 5) is 33.7. The number of hydrogen-bond donors (Lipinski definition) is 2. The van der Waals surface area contributed by atoms with E-state index >= 15 is 0 Å². The topological polar surface area (TPSA) is 93.2 Å². The van der Waals surface area contributed by atoms with E-state index in [0.717, 1.165) is 21.5 Å². The molecule has 2 aromatic carbocycles. The van der Waals surface area contributed by atoms with Crippen LogP contribution < -0.4 is 15.4 Å². The number of thiazole rings is 1. The van der Waals surface area contributed by atoms with Gasteiger partial charge in [0.2, 0.25) is 11.8 Å². The van der Waals surface area contributed by atoms with Crippen LogP contribution in [0, 0.1) is 6.92 Å². The number of para-hydroxylation sites is 3. The molecule has 2 N–H and O–H groups in total. The van der Waals surface area contributed by atoms with Crippen LogP contribution in [-0.2, 0) is 16.0 Å². The maximum atomic E-state index is 12.4. The first kappa shape index (κ1) is 22.8. The first-order valence-electron chi connectivity index (χ1n) is 10.2. The predicted molar refractivity (Wildman–Crippen MR) is 133 cm³/mol. The van der Waals surface area contributed by atoms with Gasteiger partial charge in [-0.1, -0.05) is 42.1 Å². The second-order valence-corrected chi connectivity index (χ2v) is 9.05. The third-order valence-corrected chi connectivity index (χ3v) is 6.49. The number of carbonyl (C=O) groups is 2. The molecule has 7 nitrogen and oxygen atoms in total. The van der Waals surface area contributed by atoms with Crippen molar-refractivity contribution in [3.8, 4) is 5.75 Å². The fourth-order valence-corrected chi connectivity index (χ4v) is 4.74. The Kier molecular flexibility index (Phi) is 7.21. The number of rotatable bonds is 8. The Morgan fingerprint density at radius 3 is 2.67 bits per heavy atom. The number of pyridine rings is 1. The number of aromatic nitrogens is 2. The highest BCUT2D eigenvalue weighted by Crippen LogP contribution is 2.25. The minimum atomic E-state index is -0.212. The van der Waals surface area contributed by atoms with Crippen LogP contribution >= 0.6 is 23.1 Å². The number of aryl methyl sites for hydroxylation is 1. The lowest BCUT2D eigenvalue weighted by Gasteiger charge is -2.09. The van der Waals surface area contributed by atoms with E-state index in [4.69, 9.17) is 4.74 Å². The molecule has 2 amide bonds. The van der Waals surface area contributed by atoms with Gasteiger partial charge in [0.1, 0.15) is 5.75 Å². The zero-order valence-electron chi connectivity index (χ0n) is 18.1. The second kappa shape index (κ2) is 10.5. The molecule has 0 aliphatic rings. The van der Waals surface area contributed by atoms with Crippen LogP contribution in [0.5, 0.6) is 5.75 Å². The lowest BCUT2D eigenvalue weighted by atomic mass is 10.1. The van der Waals surface area contributed by atoms with Crippen molar-refractivity contribution in [2.24, 2.45) is 0 Å². The molecule has 0 aliphatic heterocycles. The molecule has 33 heavy (non-hydrogen) atoms. The van der Waals surface area contributed by atoms with Crippen LogP contribution in [-0.4, -0.2) is 34.6 Å². The minimum absolute atomic E-state index is 0.0967. The Balaban J connectivity index is 1.30. The molecule has 9 heteroatoms. The lowest BCUT2D eigenvalue weighted by molar-refractivity contribution is -0.115. The smallest absolute Gasteiger partial charge is 0.236 e. The van der Waals surface area contributed by atoms with Gasteiger partial charge in [0.25, 0.3) is 0 Å². The summed E-state index contributed by atoms with van der Waals surface area (Å²) in [5, 5.41) is 9.74. The van der Waals surface area contributed by atoms with E-state index in [-0.39, 0.29) is 24.0 Å². The van der Waals surface area contributed by atoms with Gasteiger partial charge in [-0.3, -0.25) is 9.59 Å². The number of methoxy groups -OCH3 is 1. The fraction of sp³-hybridized carbons (Fsp3) is 0.167. The third kappa shape index (κ3) is 5.88. The van der Waals surface area contributed by atoms with Crippen molar-refractivity contribution in [3.05, 3.63) is 71.2 Å². The number of nitrogens with one attached hydrogen (secondary N) is 2. The summed E-state index contributed by atoms with van der Waals surface area (Å²) in [5.41, 5.74) is 3.22. The van der Waals surface area contributed by atoms with E-state index in [1.807, 2.05) is 49.4 Å². The van der Waals surface area contributed by atoms with Crippen molar-refractivity contribution >= 4 is 56.6 Å². The maximum absolute atomic E-state index is 12.4. The number of benzene rings is 2. The maximum Gasteiger partial charge on any atom is 0.236 e. The average Bonchev–Trinajstić information content (AvgIpc) is 3.24. The molecule has 168 valence electrons. The molecule has 2 aromatic heterocycles. The normalized spacial score (nSPS) is 10.7. The van der Waals surface area contributed by atoms with Crippen LogP contribution in [0.1, 0.15) is 11.3 Å². The lowest BCUT2D eigenvalue weighted by Crippen LogP contribution is -2.16. The number of hydrogen-bond acceptors (Lipinski definition) is 7. The van der Waals surface area contributed by atoms with E-state index in [1.165, 1.54) is 23.1 Å². The summed E-state index contributed by atoms with van der Waals surface area (Å²) in [6, 6.07) is 17.1. The van der Waals surface area contributed by atoms with Crippen LogP contribution in [0.2, 0.25) is 0 Å². The molecule has 0 bridgehead atoms. The third-order valence-electron chi connectivity index (χ3n) is 4.77. The van der Waals surface area contributed by atoms with E-state index in [0.29, 0.717) is 22.3 Å². The van der Waals surface area contributed by atoms with Gasteiger partial charge in [-0.25, -0.2) is 9.97 Å². The molecule has 0 radical (unpaired) electrons. The molecular weight excluding hydrogens is 456 g/mol. The molecule has 4 aromatic rings. The second-order valence-electron chi connectivity index (χ2n) is 7.20. The van der Waals surface area contributed by atoms with Crippen molar-refractivity contribution in [2.75, 3.05) is 23.5 Å². The molecule has 0 spiro atoms. The SMILES string of the molecule is COc1ccccc1NC(=O)Cc1csc(NC(=O)CSc2cc(C)c3ccccc3n2)n1. The van der Waals surface area contributed by atoms with Gasteiger partial charge in [-0.05, 0) is 36.8 Å². The highest BCUT2D eigenvalue weighted by Gasteiger charge is 2.13. The van der Waals surface area contributed by atoms with Gasteiger partial charge in [0.15, 0.2) is 5.13 Å². The molecule has 0 fully saturated rings. The van der Waals surface area contributed by atoms with Gasteiger partial charge in [0.05, 0.1) is 41.2 Å². The Bertz CT molecular complexity index is 1310. The van der Waals surface area contributed by atoms with Crippen molar-refractivity contribution in [2.45, 2.75) is 18.4 Å². The standard InChI is InChI=1S/C24H22N4O3S2/c1-15-11-23(27-18-8-4-3-7-17(15)18)32-14-22(30)28-24-25-16(13-33-24)12-21(29)26-19-9-5-6-10-20(19)31-2/h3-11,13H,12,14H2,1-2H3,(H,26,29)(H,25,28,30). The van der Waals surface area contributed by atoms with E-state index < -0.39 is 0 Å². The van der Waals surface area contributed by atoms with Crippen LogP contribution in [0.3, 0.4) is 0 Å². The number of fused-ring (bicyclic) bond motifs is 1. The van der Waals surface area contributed by atoms with Crippen LogP contribution in [0.25, 0.3) is 10.9 Å². The molecular formula is C24H22N4O3S2. The van der Waals surface area contributed by atoms with Gasteiger partial charge in [-0.15, -0.1) is 11.3 Å². The zero-order valence-corrected chi connectivity index (χ0v) is 19.8. The van der Waals surface area contributed by atoms with Crippen molar-refractivity contribution in [1.29, 1.82) is 0 Å². The first-order chi connectivity index (χ1) is 16.0. The van der Waals surface area contributed by atoms with Gasteiger partial charge in [0, 0.05) is 10.8 Å². The van der Waals surface area contributed by atoms with E-state index in [1.54, 1.807) is 24.6 Å². The Labute approximate surface area is 199 Å².